The van der Waals surface area contributed by atoms with Gasteiger partial charge in [-0.1, -0.05) is 24.8 Å². The molecule has 40 heavy (non-hydrogen) atoms. The van der Waals surface area contributed by atoms with Gasteiger partial charge in [-0.15, -0.1) is 0 Å². The number of carbonyl (C=O) groups excluding carboxylic acids is 4. The summed E-state index contributed by atoms with van der Waals surface area (Å²) in [6.07, 6.45) is 5.06. The Kier molecular flexibility index (Phi) is 8.39. The first-order valence-electron chi connectivity index (χ1n) is 13.5. The molecule has 5 bridgehead atoms. The second kappa shape index (κ2) is 11.6. The van der Waals surface area contributed by atoms with Gasteiger partial charge in [0.2, 0.25) is 12.0 Å². The summed E-state index contributed by atoms with van der Waals surface area (Å²) in [4.78, 5) is 57.0. The second-order valence-corrected chi connectivity index (χ2v) is 11.2. The van der Waals surface area contributed by atoms with E-state index in [0.717, 1.165) is 16.3 Å². The number of carbonyl (C=O) groups is 4. The zero-order valence-electron chi connectivity index (χ0n) is 23.6. The van der Waals surface area contributed by atoms with E-state index in [-0.39, 0.29) is 11.9 Å². The number of cyclic esters (lactones) is 1. The minimum absolute atomic E-state index is 0.220. The quantitative estimate of drug-likeness (QED) is 0.370. The Bertz CT molecular complexity index is 1380. The van der Waals surface area contributed by atoms with Crippen LogP contribution in [0.4, 0.5) is 0 Å². The van der Waals surface area contributed by atoms with E-state index >= 15 is 0 Å². The lowest BCUT2D eigenvalue weighted by molar-refractivity contribution is -0.160. The van der Waals surface area contributed by atoms with Crippen molar-refractivity contribution in [3.63, 3.8) is 0 Å². The maximum absolute atomic E-state index is 13.2. The molecule has 3 amide bonds. The van der Waals surface area contributed by atoms with Gasteiger partial charge in [0.1, 0.15) is 12.1 Å². The molecule has 1 fully saturated rings. The van der Waals surface area contributed by atoms with Crippen LogP contribution >= 0.6 is 0 Å². The summed E-state index contributed by atoms with van der Waals surface area (Å²) >= 11 is 0. The average Bonchev–Trinajstić information content (AvgIpc) is 2.92. The maximum Gasteiger partial charge on any atom is 0.316 e. The Morgan fingerprint density at radius 1 is 1.05 bits per heavy atom. The molecule has 0 spiro atoms. The molecule has 0 unspecified atom stereocenters. The third kappa shape index (κ3) is 6.39. The molecular weight excluding hydrogens is 510 g/mol. The van der Waals surface area contributed by atoms with Crippen LogP contribution in [0.3, 0.4) is 0 Å². The third-order valence-electron chi connectivity index (χ3n) is 7.23. The molecule has 2 aliphatic rings. The van der Waals surface area contributed by atoms with Crippen LogP contribution in [0.25, 0.3) is 16.8 Å². The van der Waals surface area contributed by atoms with E-state index in [4.69, 9.17) is 4.74 Å². The van der Waals surface area contributed by atoms with Crippen molar-refractivity contribution in [1.82, 2.24) is 26.1 Å². The van der Waals surface area contributed by atoms with Crippen LogP contribution in [0.5, 0.6) is 0 Å². The smallest absolute Gasteiger partial charge is 0.316 e. The fourth-order valence-corrected chi connectivity index (χ4v) is 4.65. The Labute approximate surface area is 234 Å². The molecule has 1 aromatic carbocycles. The Morgan fingerprint density at radius 2 is 1.77 bits per heavy atom. The SMILES string of the molecule is C=C(C)[C@@H]1OC(=O)C(C)(C)/C=C/c2cc3cc(ccc3cn2)[C@@H](C)NC(=O)[C@@H]2CCCN(N2)C(=O)[C@H](C)NC1=O. The molecule has 4 atom stereocenters. The number of ether oxygens (including phenoxy) is 1. The molecule has 0 radical (unpaired) electrons. The number of hydrazine groups is 1. The molecule has 2 aliphatic heterocycles. The summed E-state index contributed by atoms with van der Waals surface area (Å²) in [6, 6.07) is 5.99. The number of hydrogen-bond acceptors (Lipinski definition) is 7. The molecular formula is C30H37N5O5. The first-order valence-corrected chi connectivity index (χ1v) is 13.5. The van der Waals surface area contributed by atoms with Crippen LogP contribution < -0.4 is 16.1 Å². The van der Waals surface area contributed by atoms with Crippen molar-refractivity contribution in [2.75, 3.05) is 6.54 Å². The van der Waals surface area contributed by atoms with Gasteiger partial charge in [-0.3, -0.25) is 29.2 Å². The molecule has 0 aliphatic carbocycles. The minimum atomic E-state index is -1.28. The average molecular weight is 548 g/mol. The topological polar surface area (TPSA) is 130 Å². The van der Waals surface area contributed by atoms with Crippen molar-refractivity contribution in [3.05, 3.63) is 59.9 Å². The molecule has 212 valence electrons. The van der Waals surface area contributed by atoms with Gasteiger partial charge in [0.15, 0.2) is 0 Å². The monoisotopic (exact) mass is 547 g/mol. The van der Waals surface area contributed by atoms with Crippen molar-refractivity contribution in [2.45, 2.75) is 71.7 Å². The van der Waals surface area contributed by atoms with Crippen molar-refractivity contribution in [2.24, 2.45) is 5.41 Å². The van der Waals surface area contributed by atoms with Crippen LogP contribution in [0.2, 0.25) is 0 Å². The highest BCUT2D eigenvalue weighted by Gasteiger charge is 2.35. The number of fused-ring (bicyclic) bond motifs is 4. The number of pyridine rings is 1. The minimum Gasteiger partial charge on any atom is -0.447 e. The number of aromatic nitrogens is 1. The standard InChI is InChI=1S/C30H37N5O5/c1-17(2)25-27(37)33-19(4)28(38)35-13-7-8-24(34-35)26(36)32-18(3)20-9-10-21-16-31-23(15-22(21)14-20)11-12-30(5,6)29(39)40-25/h9-12,14-16,18-19,24-25,34H,1,7-8,13H2,2-6H3,(H,32,36)(H,33,37)/b12-11+/t18-,19+,24+,25+/m1/s1. The van der Waals surface area contributed by atoms with Gasteiger partial charge >= 0.3 is 5.97 Å². The molecule has 1 aromatic heterocycles. The Balaban J connectivity index is 1.71. The largest absolute Gasteiger partial charge is 0.447 e. The fourth-order valence-electron chi connectivity index (χ4n) is 4.65. The van der Waals surface area contributed by atoms with Gasteiger partial charge in [0.05, 0.1) is 17.2 Å². The van der Waals surface area contributed by atoms with E-state index in [1.165, 1.54) is 5.01 Å². The molecule has 2 aromatic rings. The van der Waals surface area contributed by atoms with Crippen molar-refractivity contribution in [3.8, 4) is 0 Å². The highest BCUT2D eigenvalue weighted by Crippen LogP contribution is 2.25. The van der Waals surface area contributed by atoms with E-state index in [0.29, 0.717) is 30.7 Å². The number of nitrogens with one attached hydrogen (secondary N) is 3. The van der Waals surface area contributed by atoms with Crippen LogP contribution in [-0.4, -0.2) is 58.4 Å². The first kappa shape index (κ1) is 28.9. The lowest BCUT2D eigenvalue weighted by atomic mass is 9.92. The predicted octanol–water partition coefficient (Wildman–Crippen LogP) is 2.95. The zero-order chi connectivity index (χ0) is 29.2. The first-order chi connectivity index (χ1) is 18.9. The summed E-state index contributed by atoms with van der Waals surface area (Å²) in [7, 11) is 0. The molecule has 3 N–H and O–H groups in total. The number of benzene rings is 1. The summed E-state index contributed by atoms with van der Waals surface area (Å²) in [5, 5.41) is 8.91. The molecule has 0 saturated carbocycles. The normalized spacial score (nSPS) is 27.0. The van der Waals surface area contributed by atoms with E-state index < -0.39 is 41.4 Å². The molecule has 4 rings (SSSR count). The van der Waals surface area contributed by atoms with E-state index in [1.54, 1.807) is 46.0 Å². The van der Waals surface area contributed by atoms with E-state index in [9.17, 15) is 19.2 Å². The highest BCUT2D eigenvalue weighted by atomic mass is 16.5. The summed E-state index contributed by atoms with van der Waals surface area (Å²) in [6.45, 7) is 12.6. The van der Waals surface area contributed by atoms with E-state index in [1.807, 2.05) is 31.2 Å². The zero-order valence-corrected chi connectivity index (χ0v) is 23.6. The number of amides is 3. The number of rotatable bonds is 1. The van der Waals surface area contributed by atoms with Crippen molar-refractivity contribution in [1.29, 1.82) is 0 Å². The number of nitrogens with zero attached hydrogens (tertiary/aromatic N) is 2. The molecule has 10 heteroatoms. The third-order valence-corrected chi connectivity index (χ3v) is 7.23. The Hall–Kier alpha value is -4.05. The molecule has 3 heterocycles. The van der Waals surface area contributed by atoms with Crippen molar-refractivity contribution >= 4 is 40.5 Å². The summed E-state index contributed by atoms with van der Waals surface area (Å²) < 4.78 is 5.59. The van der Waals surface area contributed by atoms with Gasteiger partial charge in [-0.2, -0.15) is 0 Å². The lowest BCUT2D eigenvalue weighted by Gasteiger charge is -2.35. The van der Waals surface area contributed by atoms with Crippen LogP contribution in [-0.2, 0) is 23.9 Å². The van der Waals surface area contributed by atoms with Crippen LogP contribution in [0.1, 0.15) is 64.8 Å². The maximum atomic E-state index is 13.2. The van der Waals surface area contributed by atoms with Gasteiger partial charge in [0, 0.05) is 18.1 Å². The van der Waals surface area contributed by atoms with Crippen LogP contribution in [0.15, 0.2) is 48.7 Å². The summed E-state index contributed by atoms with van der Waals surface area (Å²) in [5.74, 6) is -1.91. The summed E-state index contributed by atoms with van der Waals surface area (Å²) in [5.41, 5.74) is 3.81. The molecule has 10 nitrogen and oxygen atoms in total. The highest BCUT2D eigenvalue weighted by molar-refractivity contribution is 5.93. The van der Waals surface area contributed by atoms with Gasteiger partial charge < -0.3 is 15.4 Å². The second-order valence-electron chi connectivity index (χ2n) is 11.2. The van der Waals surface area contributed by atoms with Gasteiger partial charge in [-0.05, 0) is 82.2 Å². The van der Waals surface area contributed by atoms with Crippen LogP contribution in [0, 0.1) is 5.41 Å². The molecule has 1 saturated heterocycles. The van der Waals surface area contributed by atoms with E-state index in [2.05, 4.69) is 27.6 Å². The number of hydrogen-bond donors (Lipinski definition) is 3. The Morgan fingerprint density at radius 3 is 2.50 bits per heavy atom. The number of esters is 1. The fraction of sp³-hybridized carbons (Fsp3) is 0.433. The van der Waals surface area contributed by atoms with Crippen molar-refractivity contribution < 1.29 is 23.9 Å². The van der Waals surface area contributed by atoms with Gasteiger partial charge in [0.25, 0.3) is 11.8 Å². The lowest BCUT2D eigenvalue weighted by Crippen LogP contribution is -2.61. The van der Waals surface area contributed by atoms with Gasteiger partial charge in [-0.25, -0.2) is 5.43 Å². The predicted molar refractivity (Wildman–Crippen MR) is 151 cm³/mol.